The van der Waals surface area contributed by atoms with E-state index in [0.29, 0.717) is 29.4 Å². The number of aryl methyl sites for hydroxylation is 1. The van der Waals surface area contributed by atoms with Crippen LogP contribution in [0.3, 0.4) is 0 Å². The lowest BCUT2D eigenvalue weighted by atomic mass is 9.98. The molecule has 1 saturated carbocycles. The molecule has 31 heavy (non-hydrogen) atoms. The van der Waals surface area contributed by atoms with E-state index in [4.69, 9.17) is 4.74 Å². The van der Waals surface area contributed by atoms with Gasteiger partial charge in [0.05, 0.1) is 17.1 Å². The Bertz CT molecular complexity index is 1340. The molecular formula is C22H20F3NO4S. The Kier molecular flexibility index (Phi) is 5.12. The molecule has 1 aromatic heterocycles. The number of ether oxygens (including phenoxy) is 1. The van der Waals surface area contributed by atoms with E-state index in [2.05, 4.69) is 0 Å². The Morgan fingerprint density at radius 2 is 1.77 bits per heavy atom. The van der Waals surface area contributed by atoms with Crippen LogP contribution in [0.15, 0.2) is 52.3 Å². The molecule has 1 heterocycles. The summed E-state index contributed by atoms with van der Waals surface area (Å²) in [5.41, 5.74) is -0.732. The molecule has 0 atom stereocenters. The minimum Gasteiger partial charge on any atom is -0.493 e. The first-order chi connectivity index (χ1) is 14.4. The van der Waals surface area contributed by atoms with Gasteiger partial charge in [0, 0.05) is 36.0 Å². The molecule has 3 aromatic rings. The Morgan fingerprint density at radius 1 is 1.06 bits per heavy atom. The van der Waals surface area contributed by atoms with Gasteiger partial charge in [-0.15, -0.1) is 0 Å². The number of nitrogens with zero attached hydrogens (tertiary/aromatic N) is 1. The summed E-state index contributed by atoms with van der Waals surface area (Å²) in [5, 5.41) is 0.186. The van der Waals surface area contributed by atoms with Gasteiger partial charge >= 0.3 is 6.18 Å². The van der Waals surface area contributed by atoms with Crippen LogP contribution < -0.4 is 10.3 Å². The van der Waals surface area contributed by atoms with Crippen LogP contribution in [0.5, 0.6) is 5.75 Å². The zero-order chi connectivity index (χ0) is 22.6. The maximum absolute atomic E-state index is 13.4. The highest BCUT2D eigenvalue weighted by molar-refractivity contribution is 7.90. The molecule has 1 fully saturated rings. The summed E-state index contributed by atoms with van der Waals surface area (Å²) in [7, 11) is -2.08. The molecule has 0 radical (unpaired) electrons. The quantitative estimate of drug-likeness (QED) is 0.576. The SMILES string of the molecule is Cn1cc(-c2cc(S(C)(=O)=O)ccc2OCC2CC2)c2cc(C(F)(F)F)ccc2c1=O. The predicted molar refractivity (Wildman–Crippen MR) is 111 cm³/mol. The van der Waals surface area contributed by atoms with Crippen LogP contribution in [-0.4, -0.2) is 25.8 Å². The molecule has 0 N–H and O–H groups in total. The Hall–Kier alpha value is -2.81. The monoisotopic (exact) mass is 451 g/mol. The molecule has 0 saturated heterocycles. The van der Waals surface area contributed by atoms with Crippen molar-refractivity contribution >= 4 is 20.6 Å². The molecule has 2 aromatic carbocycles. The Labute approximate surface area is 177 Å². The average Bonchev–Trinajstić information content (AvgIpc) is 3.52. The van der Waals surface area contributed by atoms with Crippen molar-refractivity contribution in [3.8, 4) is 16.9 Å². The standard InChI is InChI=1S/C22H20F3NO4S/c1-26-11-19(17-9-14(22(23,24)25)5-7-16(17)21(26)27)18-10-15(31(2,28)29)6-8-20(18)30-12-13-3-4-13/h5-11,13H,3-4,12H2,1-2H3. The van der Waals surface area contributed by atoms with Gasteiger partial charge in [0.1, 0.15) is 5.75 Å². The molecule has 0 aliphatic heterocycles. The number of aromatic nitrogens is 1. The first-order valence-corrected chi connectivity index (χ1v) is 11.5. The molecule has 1 aliphatic rings. The number of pyridine rings is 1. The number of benzene rings is 2. The second-order valence-electron chi connectivity index (χ2n) is 7.90. The third-order valence-corrected chi connectivity index (χ3v) is 6.46. The number of sulfone groups is 1. The second-order valence-corrected chi connectivity index (χ2v) is 9.92. The van der Waals surface area contributed by atoms with Gasteiger partial charge in [-0.3, -0.25) is 4.79 Å². The summed E-state index contributed by atoms with van der Waals surface area (Å²) in [6, 6.07) is 7.24. The summed E-state index contributed by atoms with van der Waals surface area (Å²) >= 11 is 0. The summed E-state index contributed by atoms with van der Waals surface area (Å²) in [6.07, 6.45) is -0.0526. The van der Waals surface area contributed by atoms with Gasteiger partial charge in [0.25, 0.3) is 5.56 Å². The minimum absolute atomic E-state index is 0.00949. The number of fused-ring (bicyclic) bond motifs is 1. The van der Waals surface area contributed by atoms with Crippen LogP contribution >= 0.6 is 0 Å². The van der Waals surface area contributed by atoms with Crippen molar-refractivity contribution in [2.45, 2.75) is 23.9 Å². The zero-order valence-corrected chi connectivity index (χ0v) is 17.7. The fourth-order valence-electron chi connectivity index (χ4n) is 3.42. The van der Waals surface area contributed by atoms with Gasteiger partial charge < -0.3 is 9.30 Å². The van der Waals surface area contributed by atoms with E-state index in [1.807, 2.05) is 0 Å². The number of hydrogen-bond donors (Lipinski definition) is 0. The maximum atomic E-state index is 13.4. The zero-order valence-electron chi connectivity index (χ0n) is 16.9. The van der Waals surface area contributed by atoms with Crippen LogP contribution in [0.2, 0.25) is 0 Å². The van der Waals surface area contributed by atoms with Gasteiger partial charge in [0.2, 0.25) is 0 Å². The average molecular weight is 451 g/mol. The number of alkyl halides is 3. The van der Waals surface area contributed by atoms with Crippen LogP contribution in [0.25, 0.3) is 21.9 Å². The Balaban J connectivity index is 2.01. The third-order valence-electron chi connectivity index (χ3n) is 5.35. The maximum Gasteiger partial charge on any atom is 0.416 e. The lowest BCUT2D eigenvalue weighted by Crippen LogP contribution is -2.17. The van der Waals surface area contributed by atoms with Crippen molar-refractivity contribution in [2.75, 3.05) is 12.9 Å². The predicted octanol–water partition coefficient (Wildman–Crippen LogP) is 4.42. The van der Waals surface area contributed by atoms with Gasteiger partial charge in [-0.1, -0.05) is 0 Å². The normalized spacial score (nSPS) is 14.7. The van der Waals surface area contributed by atoms with Gasteiger partial charge in [0.15, 0.2) is 9.84 Å². The fourth-order valence-corrected chi connectivity index (χ4v) is 4.07. The first kappa shape index (κ1) is 21.4. The number of hydrogen-bond acceptors (Lipinski definition) is 4. The summed E-state index contributed by atoms with van der Waals surface area (Å²) < 4.78 is 71.5. The van der Waals surface area contributed by atoms with Crippen LogP contribution in [-0.2, 0) is 23.1 Å². The van der Waals surface area contributed by atoms with Gasteiger partial charge in [-0.05, 0) is 60.5 Å². The summed E-state index contributed by atoms with van der Waals surface area (Å²) in [4.78, 5) is 12.6. The molecular weight excluding hydrogens is 431 g/mol. The molecule has 4 rings (SSSR count). The van der Waals surface area contributed by atoms with Crippen LogP contribution in [0.4, 0.5) is 13.2 Å². The molecule has 0 amide bonds. The topological polar surface area (TPSA) is 65.4 Å². The molecule has 1 aliphatic carbocycles. The highest BCUT2D eigenvalue weighted by atomic mass is 32.2. The summed E-state index contributed by atoms with van der Waals surface area (Å²) in [5.74, 6) is 0.771. The van der Waals surface area contributed by atoms with Gasteiger partial charge in [-0.2, -0.15) is 13.2 Å². The van der Waals surface area contributed by atoms with Crippen LogP contribution in [0, 0.1) is 5.92 Å². The van der Waals surface area contributed by atoms with E-state index < -0.39 is 27.1 Å². The second kappa shape index (κ2) is 7.40. The number of rotatable bonds is 5. The van der Waals surface area contributed by atoms with Gasteiger partial charge in [-0.25, -0.2) is 8.42 Å². The highest BCUT2D eigenvalue weighted by Gasteiger charge is 2.31. The lowest BCUT2D eigenvalue weighted by Gasteiger charge is -2.17. The van der Waals surface area contributed by atoms with E-state index >= 15 is 0 Å². The van der Waals surface area contributed by atoms with Crippen LogP contribution in [0.1, 0.15) is 18.4 Å². The fraction of sp³-hybridized carbons (Fsp3) is 0.318. The van der Waals surface area contributed by atoms with Crippen molar-refractivity contribution in [3.63, 3.8) is 0 Å². The van der Waals surface area contributed by atoms with E-state index in [1.165, 1.54) is 36.0 Å². The summed E-state index contributed by atoms with van der Waals surface area (Å²) in [6.45, 7) is 0.433. The molecule has 164 valence electrons. The van der Waals surface area contributed by atoms with Crippen molar-refractivity contribution in [1.29, 1.82) is 0 Å². The lowest BCUT2D eigenvalue weighted by molar-refractivity contribution is -0.137. The molecule has 0 unspecified atom stereocenters. The Morgan fingerprint density at radius 3 is 2.39 bits per heavy atom. The van der Waals surface area contributed by atoms with E-state index in [-0.39, 0.29) is 15.7 Å². The van der Waals surface area contributed by atoms with E-state index in [0.717, 1.165) is 37.3 Å². The van der Waals surface area contributed by atoms with E-state index in [1.54, 1.807) is 0 Å². The van der Waals surface area contributed by atoms with Crippen molar-refractivity contribution < 1.29 is 26.3 Å². The first-order valence-electron chi connectivity index (χ1n) is 9.63. The number of halogens is 3. The largest absolute Gasteiger partial charge is 0.493 e. The smallest absolute Gasteiger partial charge is 0.416 e. The molecule has 5 nitrogen and oxygen atoms in total. The highest BCUT2D eigenvalue weighted by Crippen LogP contribution is 2.39. The molecule has 0 spiro atoms. The van der Waals surface area contributed by atoms with E-state index in [9.17, 15) is 26.4 Å². The minimum atomic E-state index is -4.59. The van der Waals surface area contributed by atoms with Crippen molar-refractivity contribution in [2.24, 2.45) is 13.0 Å². The van der Waals surface area contributed by atoms with Crippen molar-refractivity contribution in [1.82, 2.24) is 4.57 Å². The van der Waals surface area contributed by atoms with Crippen molar-refractivity contribution in [3.05, 3.63) is 58.5 Å². The molecule has 9 heteroatoms. The third kappa shape index (κ3) is 4.32. The molecule has 0 bridgehead atoms.